The zero-order valence-corrected chi connectivity index (χ0v) is 22.7. The number of rotatable bonds is 6. The average Bonchev–Trinajstić information content (AvgIpc) is 3.50. The number of aromatic nitrogens is 4. The molecule has 2 heterocycles. The maximum Gasteiger partial charge on any atom is 0.439 e. The molecule has 0 saturated carbocycles. The van der Waals surface area contributed by atoms with Gasteiger partial charge in [-0.25, -0.2) is 4.79 Å². The van der Waals surface area contributed by atoms with Crippen LogP contribution in [0.15, 0.2) is 76.0 Å². The quantitative estimate of drug-likeness (QED) is 0.280. The van der Waals surface area contributed by atoms with Crippen LogP contribution in [0, 0.1) is 6.92 Å². The van der Waals surface area contributed by atoms with Gasteiger partial charge in [0.05, 0.1) is 24.2 Å². The SMILES string of the molecule is CC.CC(C)=O.CCOc1nc2cccc(C)c2n1Cc1ccc(-c2ccccc2-c2noc(=O)[nH]2)cc1. The molecule has 8 nitrogen and oxygen atoms in total. The van der Waals surface area contributed by atoms with Crippen molar-refractivity contribution in [2.45, 2.75) is 48.1 Å². The van der Waals surface area contributed by atoms with Crippen LogP contribution in [0.5, 0.6) is 6.01 Å². The van der Waals surface area contributed by atoms with Crippen LogP contribution in [0.2, 0.25) is 0 Å². The summed E-state index contributed by atoms with van der Waals surface area (Å²) in [4.78, 5) is 28.1. The van der Waals surface area contributed by atoms with Crippen molar-refractivity contribution in [2.24, 2.45) is 0 Å². The lowest BCUT2D eigenvalue weighted by atomic mass is 9.98. The topological polar surface area (TPSA) is 103 Å². The highest BCUT2D eigenvalue weighted by Crippen LogP contribution is 2.31. The summed E-state index contributed by atoms with van der Waals surface area (Å²) in [6.45, 7) is 12.3. The molecule has 198 valence electrons. The van der Waals surface area contributed by atoms with Gasteiger partial charge in [0, 0.05) is 5.56 Å². The fourth-order valence-electron chi connectivity index (χ4n) is 3.99. The Hall–Kier alpha value is -4.46. The maximum absolute atomic E-state index is 11.4. The van der Waals surface area contributed by atoms with Crippen LogP contribution in [0.3, 0.4) is 0 Å². The zero-order valence-electron chi connectivity index (χ0n) is 22.7. The summed E-state index contributed by atoms with van der Waals surface area (Å²) in [5.41, 5.74) is 7.09. The molecule has 0 fully saturated rings. The van der Waals surface area contributed by atoms with Crippen molar-refractivity contribution in [2.75, 3.05) is 6.61 Å². The number of aromatic amines is 1. The summed E-state index contributed by atoms with van der Waals surface area (Å²) in [7, 11) is 0. The molecule has 0 atom stereocenters. The van der Waals surface area contributed by atoms with Crippen molar-refractivity contribution in [3.05, 3.63) is 88.4 Å². The average molecular weight is 515 g/mol. The molecule has 38 heavy (non-hydrogen) atoms. The minimum atomic E-state index is -0.571. The van der Waals surface area contributed by atoms with E-state index < -0.39 is 5.76 Å². The second kappa shape index (κ2) is 13.2. The van der Waals surface area contributed by atoms with Gasteiger partial charge in [0.15, 0.2) is 5.82 Å². The van der Waals surface area contributed by atoms with Crippen LogP contribution in [-0.4, -0.2) is 32.1 Å². The van der Waals surface area contributed by atoms with E-state index >= 15 is 0 Å². The number of nitrogens with zero attached hydrogens (tertiary/aromatic N) is 3. The number of carbonyl (C=O) groups is 1. The number of hydrogen-bond donors (Lipinski definition) is 1. The van der Waals surface area contributed by atoms with E-state index in [1.807, 2.05) is 57.2 Å². The Balaban J connectivity index is 0.000000612. The minimum Gasteiger partial charge on any atom is -0.465 e. The molecule has 2 aromatic heterocycles. The van der Waals surface area contributed by atoms with Crippen molar-refractivity contribution in [1.82, 2.24) is 19.7 Å². The summed E-state index contributed by atoms with van der Waals surface area (Å²) in [6, 6.07) is 22.8. The third kappa shape index (κ3) is 6.64. The normalized spacial score (nSPS) is 10.3. The number of H-pyrrole nitrogens is 1. The Labute approximate surface area is 222 Å². The Morgan fingerprint density at radius 2 is 1.63 bits per heavy atom. The number of benzene rings is 3. The molecule has 0 aliphatic carbocycles. The predicted molar refractivity (Wildman–Crippen MR) is 150 cm³/mol. The van der Waals surface area contributed by atoms with Gasteiger partial charge in [0.1, 0.15) is 5.78 Å². The number of hydrogen-bond acceptors (Lipinski definition) is 6. The molecule has 0 bridgehead atoms. The van der Waals surface area contributed by atoms with Crippen LogP contribution in [0.25, 0.3) is 33.5 Å². The van der Waals surface area contributed by atoms with Crippen LogP contribution in [0.4, 0.5) is 0 Å². The molecular weight excluding hydrogens is 480 g/mol. The van der Waals surface area contributed by atoms with E-state index in [0.29, 0.717) is 25.0 Å². The molecule has 8 heteroatoms. The van der Waals surface area contributed by atoms with E-state index in [1.54, 1.807) is 0 Å². The summed E-state index contributed by atoms with van der Waals surface area (Å²) >= 11 is 0. The van der Waals surface area contributed by atoms with Gasteiger partial charge in [-0.05, 0) is 56.0 Å². The molecule has 5 rings (SSSR count). The summed E-state index contributed by atoms with van der Waals surface area (Å²) in [5, 5.41) is 3.84. The highest BCUT2D eigenvalue weighted by Gasteiger charge is 2.15. The molecule has 0 spiro atoms. The second-order valence-corrected chi connectivity index (χ2v) is 8.45. The number of ketones is 1. The van der Waals surface area contributed by atoms with Crippen molar-refractivity contribution < 1.29 is 14.1 Å². The van der Waals surface area contributed by atoms with Gasteiger partial charge in [-0.2, -0.15) is 4.98 Å². The van der Waals surface area contributed by atoms with E-state index in [9.17, 15) is 9.59 Å². The van der Waals surface area contributed by atoms with Crippen LogP contribution in [-0.2, 0) is 11.3 Å². The van der Waals surface area contributed by atoms with E-state index in [2.05, 4.69) is 61.5 Å². The van der Waals surface area contributed by atoms with E-state index in [4.69, 9.17) is 4.74 Å². The second-order valence-electron chi connectivity index (χ2n) is 8.45. The third-order valence-corrected chi connectivity index (χ3v) is 5.43. The Bertz CT molecular complexity index is 1540. The highest BCUT2D eigenvalue weighted by molar-refractivity contribution is 5.81. The van der Waals surface area contributed by atoms with Crippen LogP contribution >= 0.6 is 0 Å². The monoisotopic (exact) mass is 514 g/mol. The zero-order chi connectivity index (χ0) is 27.7. The highest BCUT2D eigenvalue weighted by atomic mass is 16.5. The number of nitrogens with one attached hydrogen (secondary N) is 1. The summed E-state index contributed by atoms with van der Waals surface area (Å²) < 4.78 is 12.6. The molecule has 0 aliphatic heterocycles. The van der Waals surface area contributed by atoms with Gasteiger partial charge in [-0.3, -0.25) is 14.1 Å². The van der Waals surface area contributed by atoms with E-state index in [1.165, 1.54) is 13.8 Å². The molecule has 0 aliphatic rings. The van der Waals surface area contributed by atoms with Crippen molar-refractivity contribution in [1.29, 1.82) is 0 Å². The molecule has 0 radical (unpaired) electrons. The first kappa shape index (κ1) is 28.1. The van der Waals surface area contributed by atoms with Gasteiger partial charge in [-0.15, -0.1) is 0 Å². The van der Waals surface area contributed by atoms with Gasteiger partial charge in [0.25, 0.3) is 6.01 Å². The van der Waals surface area contributed by atoms with Gasteiger partial charge < -0.3 is 9.53 Å². The molecule has 0 saturated heterocycles. The van der Waals surface area contributed by atoms with Crippen molar-refractivity contribution in [3.8, 4) is 28.5 Å². The smallest absolute Gasteiger partial charge is 0.439 e. The number of aryl methyl sites for hydroxylation is 1. The van der Waals surface area contributed by atoms with Crippen molar-refractivity contribution >= 4 is 16.8 Å². The Kier molecular flexibility index (Phi) is 9.76. The fourth-order valence-corrected chi connectivity index (χ4v) is 3.99. The molecule has 3 aromatic carbocycles. The van der Waals surface area contributed by atoms with Crippen LogP contribution < -0.4 is 10.5 Å². The first-order chi connectivity index (χ1) is 18.4. The number of fused-ring (bicyclic) bond motifs is 1. The maximum atomic E-state index is 11.4. The third-order valence-electron chi connectivity index (χ3n) is 5.43. The number of carbonyl (C=O) groups excluding carboxylic acids is 1. The number of ether oxygens (including phenoxy) is 1. The lowest BCUT2D eigenvalue weighted by Crippen LogP contribution is -2.05. The predicted octanol–water partition coefficient (Wildman–Crippen LogP) is 6.42. The van der Waals surface area contributed by atoms with E-state index in [-0.39, 0.29) is 5.78 Å². The number of imidazole rings is 1. The number of para-hydroxylation sites is 1. The summed E-state index contributed by atoms with van der Waals surface area (Å²) in [6.07, 6.45) is 0. The Morgan fingerprint density at radius 3 is 2.24 bits per heavy atom. The van der Waals surface area contributed by atoms with Gasteiger partial charge in [-0.1, -0.05) is 79.7 Å². The Morgan fingerprint density at radius 1 is 0.974 bits per heavy atom. The largest absolute Gasteiger partial charge is 0.465 e. The minimum absolute atomic E-state index is 0.167. The van der Waals surface area contributed by atoms with Crippen LogP contribution in [0.1, 0.15) is 45.7 Å². The molecule has 0 amide bonds. The molecular formula is C30H34N4O4. The fraction of sp³-hybridized carbons (Fsp3) is 0.267. The van der Waals surface area contributed by atoms with E-state index in [0.717, 1.165) is 38.9 Å². The first-order valence-electron chi connectivity index (χ1n) is 12.7. The molecule has 5 aromatic rings. The summed E-state index contributed by atoms with van der Waals surface area (Å²) in [5.74, 6) is 0.00880. The van der Waals surface area contributed by atoms with Gasteiger partial charge >= 0.3 is 5.76 Å². The first-order valence-corrected chi connectivity index (χ1v) is 12.7. The molecule has 1 N–H and O–H groups in total. The number of Topliss-reactive ketones (excluding diaryl/α,β-unsaturated/α-hetero) is 1. The lowest BCUT2D eigenvalue weighted by Gasteiger charge is -2.12. The standard InChI is InChI=1S/C25H22N4O3.C3H6O.C2H6/c1-3-31-24-26-21-10-6-7-16(2)22(21)29(24)15-17-11-13-18(14-12-17)19-8-4-5-9-20(19)23-27-25(30)32-28-23;1-3(2)4;1-2/h4-14H,3,15H2,1-2H3,(H,27,28,30);1-2H3;1-2H3. The van der Waals surface area contributed by atoms with Crippen molar-refractivity contribution in [3.63, 3.8) is 0 Å². The lowest BCUT2D eigenvalue weighted by molar-refractivity contribution is -0.114. The van der Waals surface area contributed by atoms with Gasteiger partial charge in [0.2, 0.25) is 0 Å². The molecule has 0 unspecified atom stereocenters.